The summed E-state index contributed by atoms with van der Waals surface area (Å²) in [5, 5.41) is 3.26. The van der Waals surface area contributed by atoms with Crippen molar-refractivity contribution in [2.45, 2.75) is 37.8 Å². The van der Waals surface area contributed by atoms with Crippen molar-refractivity contribution in [3.8, 4) is 0 Å². The number of rotatable bonds is 2. The molecule has 106 valence electrons. The number of hydrogen-bond donors (Lipinski definition) is 1. The van der Waals surface area contributed by atoms with Crippen molar-refractivity contribution in [1.82, 2.24) is 9.62 Å². The van der Waals surface area contributed by atoms with Gasteiger partial charge < -0.3 is 5.32 Å². The molecule has 4 nitrogen and oxygen atoms in total. The number of benzene rings is 1. The van der Waals surface area contributed by atoms with Crippen LogP contribution in [0.1, 0.15) is 19.4 Å². The van der Waals surface area contributed by atoms with Crippen molar-refractivity contribution in [1.29, 1.82) is 0 Å². The van der Waals surface area contributed by atoms with Crippen LogP contribution in [0.4, 0.5) is 4.39 Å². The molecule has 0 amide bonds. The number of aryl methyl sites for hydroxylation is 1. The van der Waals surface area contributed by atoms with Crippen molar-refractivity contribution in [2.75, 3.05) is 13.1 Å². The Morgan fingerprint density at radius 3 is 2.42 bits per heavy atom. The van der Waals surface area contributed by atoms with Gasteiger partial charge in [-0.3, -0.25) is 0 Å². The predicted octanol–water partition coefficient (Wildman–Crippen LogP) is 1.51. The van der Waals surface area contributed by atoms with Crippen molar-refractivity contribution < 1.29 is 12.8 Å². The van der Waals surface area contributed by atoms with Gasteiger partial charge in [0, 0.05) is 25.2 Å². The molecule has 1 N–H and O–H groups in total. The summed E-state index contributed by atoms with van der Waals surface area (Å²) in [5.41, 5.74) is 0.733. The summed E-state index contributed by atoms with van der Waals surface area (Å²) in [4.78, 5) is -0.228. The highest BCUT2D eigenvalue weighted by Crippen LogP contribution is 2.22. The third-order valence-corrected chi connectivity index (χ3v) is 5.08. The first-order valence-electron chi connectivity index (χ1n) is 6.33. The van der Waals surface area contributed by atoms with Gasteiger partial charge in [0.05, 0.1) is 0 Å². The maximum absolute atomic E-state index is 13.8. The van der Waals surface area contributed by atoms with Crippen LogP contribution in [0.2, 0.25) is 0 Å². The van der Waals surface area contributed by atoms with E-state index in [0.717, 1.165) is 5.56 Å². The number of piperazine rings is 1. The maximum Gasteiger partial charge on any atom is 0.246 e. The molecule has 0 saturated carbocycles. The van der Waals surface area contributed by atoms with Crippen molar-refractivity contribution in [3.63, 3.8) is 0 Å². The predicted molar refractivity (Wildman–Crippen MR) is 72.0 cm³/mol. The molecule has 0 unspecified atom stereocenters. The average Bonchev–Trinajstić information content (AvgIpc) is 2.31. The zero-order valence-electron chi connectivity index (χ0n) is 11.4. The van der Waals surface area contributed by atoms with E-state index in [4.69, 9.17) is 0 Å². The van der Waals surface area contributed by atoms with E-state index < -0.39 is 15.8 Å². The normalized spacial score (nSPS) is 25.5. The number of sulfonamides is 1. The quantitative estimate of drug-likeness (QED) is 0.896. The third kappa shape index (κ3) is 2.96. The molecule has 1 heterocycles. The fourth-order valence-corrected chi connectivity index (χ4v) is 4.19. The highest BCUT2D eigenvalue weighted by molar-refractivity contribution is 7.89. The molecule has 1 fully saturated rings. The summed E-state index contributed by atoms with van der Waals surface area (Å²) < 4.78 is 40.2. The number of nitrogens with one attached hydrogen (secondary N) is 1. The molecule has 0 spiro atoms. The van der Waals surface area contributed by atoms with Crippen LogP contribution in [0.5, 0.6) is 0 Å². The van der Waals surface area contributed by atoms with Gasteiger partial charge in [0.1, 0.15) is 10.7 Å². The van der Waals surface area contributed by atoms with Gasteiger partial charge in [-0.2, -0.15) is 4.31 Å². The Bertz CT molecular complexity index is 564. The Kier molecular flexibility index (Phi) is 3.94. The molecule has 1 aliphatic rings. The molecule has 6 heteroatoms. The van der Waals surface area contributed by atoms with Crippen molar-refractivity contribution >= 4 is 10.0 Å². The van der Waals surface area contributed by atoms with Crippen LogP contribution in [-0.4, -0.2) is 37.9 Å². The molecule has 0 radical (unpaired) electrons. The standard InChI is InChI=1S/C13H19FN2O2S/c1-9-4-5-12(14)13(6-9)19(17,18)16-7-10(2)15-11(3)8-16/h4-6,10-11,15H,7-8H2,1-3H3/t10-,11-/m1/s1. The first kappa shape index (κ1) is 14.4. The van der Waals surface area contributed by atoms with Crippen LogP contribution < -0.4 is 5.32 Å². The second kappa shape index (κ2) is 5.19. The van der Waals surface area contributed by atoms with Gasteiger partial charge in [-0.1, -0.05) is 6.07 Å². The first-order valence-corrected chi connectivity index (χ1v) is 7.77. The Balaban J connectivity index is 2.39. The zero-order valence-corrected chi connectivity index (χ0v) is 12.2. The van der Waals surface area contributed by atoms with Gasteiger partial charge in [-0.05, 0) is 38.5 Å². The van der Waals surface area contributed by atoms with Crippen LogP contribution in [0, 0.1) is 12.7 Å². The van der Waals surface area contributed by atoms with Crippen molar-refractivity contribution in [2.24, 2.45) is 0 Å². The Labute approximate surface area is 113 Å². The smallest absolute Gasteiger partial charge is 0.246 e. The van der Waals surface area contributed by atoms with Gasteiger partial charge in [0.25, 0.3) is 0 Å². The molecule has 0 aliphatic carbocycles. The van der Waals surface area contributed by atoms with Crippen LogP contribution in [0.3, 0.4) is 0 Å². The van der Waals surface area contributed by atoms with Gasteiger partial charge in [-0.25, -0.2) is 12.8 Å². The van der Waals surface area contributed by atoms with Gasteiger partial charge in [0.2, 0.25) is 10.0 Å². The van der Waals surface area contributed by atoms with E-state index in [1.807, 2.05) is 13.8 Å². The molecule has 1 aliphatic heterocycles. The molecule has 0 aromatic heterocycles. The van der Waals surface area contributed by atoms with Gasteiger partial charge in [-0.15, -0.1) is 0 Å². The second-order valence-electron chi connectivity index (χ2n) is 5.22. The maximum atomic E-state index is 13.8. The summed E-state index contributed by atoms with van der Waals surface area (Å²) >= 11 is 0. The topological polar surface area (TPSA) is 49.4 Å². The van der Waals surface area contributed by atoms with Gasteiger partial charge in [0.15, 0.2) is 0 Å². The average molecular weight is 286 g/mol. The minimum atomic E-state index is -3.76. The number of hydrogen-bond acceptors (Lipinski definition) is 3. The van der Waals surface area contributed by atoms with Crippen LogP contribution in [0.15, 0.2) is 23.1 Å². The molecule has 2 rings (SSSR count). The SMILES string of the molecule is Cc1ccc(F)c(S(=O)(=O)N2C[C@@H](C)N[C@H](C)C2)c1. The lowest BCUT2D eigenvalue weighted by atomic mass is 10.2. The van der Waals surface area contributed by atoms with E-state index in [1.165, 1.54) is 16.4 Å². The van der Waals surface area contributed by atoms with E-state index >= 15 is 0 Å². The molecule has 1 aromatic rings. The van der Waals surface area contributed by atoms with E-state index in [0.29, 0.717) is 13.1 Å². The van der Waals surface area contributed by atoms with E-state index in [9.17, 15) is 12.8 Å². The molecular weight excluding hydrogens is 267 g/mol. The molecule has 2 atom stereocenters. The molecule has 1 saturated heterocycles. The van der Waals surface area contributed by atoms with Crippen LogP contribution in [0.25, 0.3) is 0 Å². The van der Waals surface area contributed by atoms with Crippen LogP contribution in [-0.2, 0) is 10.0 Å². The largest absolute Gasteiger partial charge is 0.309 e. The lowest BCUT2D eigenvalue weighted by Crippen LogP contribution is -2.55. The molecule has 0 bridgehead atoms. The fourth-order valence-electron chi connectivity index (χ4n) is 2.42. The highest BCUT2D eigenvalue weighted by atomic mass is 32.2. The zero-order chi connectivity index (χ0) is 14.2. The molecular formula is C13H19FN2O2S. The molecule has 1 aromatic carbocycles. The lowest BCUT2D eigenvalue weighted by molar-refractivity contribution is 0.262. The Morgan fingerprint density at radius 2 is 1.84 bits per heavy atom. The highest BCUT2D eigenvalue weighted by Gasteiger charge is 2.32. The summed E-state index contributed by atoms with van der Waals surface area (Å²) in [6.07, 6.45) is 0. The van der Waals surface area contributed by atoms with Gasteiger partial charge >= 0.3 is 0 Å². The monoisotopic (exact) mass is 286 g/mol. The third-order valence-electron chi connectivity index (χ3n) is 3.23. The Morgan fingerprint density at radius 1 is 1.26 bits per heavy atom. The second-order valence-corrected chi connectivity index (χ2v) is 7.13. The summed E-state index contributed by atoms with van der Waals surface area (Å²) in [6.45, 7) is 6.32. The van der Waals surface area contributed by atoms with E-state index in [1.54, 1.807) is 13.0 Å². The summed E-state index contributed by atoms with van der Waals surface area (Å²) in [6, 6.07) is 4.29. The number of halogens is 1. The van der Waals surface area contributed by atoms with Crippen molar-refractivity contribution in [3.05, 3.63) is 29.6 Å². The Hall–Kier alpha value is -0.980. The minimum absolute atomic E-state index is 0.0615. The minimum Gasteiger partial charge on any atom is -0.309 e. The number of nitrogens with zero attached hydrogens (tertiary/aromatic N) is 1. The summed E-state index contributed by atoms with van der Waals surface area (Å²) in [5.74, 6) is -0.690. The van der Waals surface area contributed by atoms with E-state index in [2.05, 4.69) is 5.32 Å². The van der Waals surface area contributed by atoms with Crippen LogP contribution >= 0.6 is 0 Å². The summed E-state index contributed by atoms with van der Waals surface area (Å²) in [7, 11) is -3.76. The first-order chi connectivity index (χ1) is 8.80. The molecule has 19 heavy (non-hydrogen) atoms. The fraction of sp³-hybridized carbons (Fsp3) is 0.538. The lowest BCUT2D eigenvalue weighted by Gasteiger charge is -2.35. The van der Waals surface area contributed by atoms with E-state index in [-0.39, 0.29) is 17.0 Å².